The first kappa shape index (κ1) is 38.5. The molecule has 2 heterocycles. The van der Waals surface area contributed by atoms with Gasteiger partial charge in [0.1, 0.15) is 0 Å². The fraction of sp³-hybridized carbons (Fsp3) is 0.0161. The van der Waals surface area contributed by atoms with Crippen molar-refractivity contribution in [2.24, 2.45) is 0 Å². The Labute approximate surface area is 388 Å². The summed E-state index contributed by atoms with van der Waals surface area (Å²) in [6, 6.07) is 82.4. The Balaban J connectivity index is 0.983. The first-order valence-electron chi connectivity index (χ1n) is 22.6. The number of ether oxygens (including phenoxy) is 2. The molecule has 0 N–H and O–H groups in total. The molecule has 0 atom stereocenters. The zero-order valence-corrected chi connectivity index (χ0v) is 36.2. The van der Waals surface area contributed by atoms with Crippen molar-refractivity contribution in [2.45, 2.75) is 5.41 Å². The Morgan fingerprint density at radius 3 is 1.49 bits per heavy atom. The molecule has 0 fully saturated rings. The van der Waals surface area contributed by atoms with Gasteiger partial charge in [0, 0.05) is 27.8 Å². The van der Waals surface area contributed by atoms with E-state index in [0.717, 1.165) is 66.4 Å². The molecular formula is C62H39N3O2. The molecule has 11 aromatic rings. The van der Waals surface area contributed by atoms with Gasteiger partial charge in [0.05, 0.1) is 5.41 Å². The third-order valence-corrected chi connectivity index (χ3v) is 13.3. The molecular weight excluding hydrogens is 819 g/mol. The quantitative estimate of drug-likeness (QED) is 0.160. The summed E-state index contributed by atoms with van der Waals surface area (Å²) in [4.78, 5) is 15.8. The van der Waals surface area contributed by atoms with E-state index in [4.69, 9.17) is 24.4 Å². The molecule has 0 saturated heterocycles. The number of benzene rings is 10. The Kier molecular flexibility index (Phi) is 9.00. The Morgan fingerprint density at radius 1 is 0.284 bits per heavy atom. The zero-order valence-electron chi connectivity index (χ0n) is 36.2. The molecule has 314 valence electrons. The molecule has 1 aromatic heterocycles. The SMILES string of the molecule is c1ccc(-c2nc(-c3ccccc3-c3cccc4c3Oc3c(ccc5c3-c3ccccc3C5(c3ccccc3)c3ccccc3)O4)nc(-c3ccc(-c4ccccc4)c4ccccc34)n2)cc1. The smallest absolute Gasteiger partial charge is 0.178 e. The van der Waals surface area contributed by atoms with E-state index < -0.39 is 5.41 Å². The van der Waals surface area contributed by atoms with Gasteiger partial charge in [-0.2, -0.15) is 0 Å². The van der Waals surface area contributed by atoms with Gasteiger partial charge in [-0.15, -0.1) is 0 Å². The number of hydrogen-bond donors (Lipinski definition) is 0. The van der Waals surface area contributed by atoms with Crippen LogP contribution >= 0.6 is 0 Å². The number of para-hydroxylation sites is 1. The highest BCUT2D eigenvalue weighted by Crippen LogP contribution is 2.63. The van der Waals surface area contributed by atoms with Crippen LogP contribution in [0, 0.1) is 0 Å². The predicted molar refractivity (Wildman–Crippen MR) is 268 cm³/mol. The molecule has 1 aliphatic carbocycles. The summed E-state index contributed by atoms with van der Waals surface area (Å²) in [7, 11) is 0. The van der Waals surface area contributed by atoms with Gasteiger partial charge in [0.25, 0.3) is 0 Å². The van der Waals surface area contributed by atoms with E-state index in [2.05, 4.69) is 176 Å². The van der Waals surface area contributed by atoms with Crippen molar-refractivity contribution in [3.05, 3.63) is 259 Å². The highest BCUT2D eigenvalue weighted by Gasteiger charge is 2.48. The summed E-state index contributed by atoms with van der Waals surface area (Å²) in [6.45, 7) is 0. The van der Waals surface area contributed by atoms with Crippen LogP contribution in [0.4, 0.5) is 0 Å². The largest absolute Gasteiger partial charge is 0.449 e. The van der Waals surface area contributed by atoms with E-state index in [9.17, 15) is 0 Å². The van der Waals surface area contributed by atoms with Crippen LogP contribution in [-0.4, -0.2) is 15.0 Å². The summed E-state index contributed by atoms with van der Waals surface area (Å²) < 4.78 is 14.2. The van der Waals surface area contributed by atoms with Crippen LogP contribution in [0.1, 0.15) is 22.3 Å². The van der Waals surface area contributed by atoms with Gasteiger partial charge in [0.2, 0.25) is 0 Å². The summed E-state index contributed by atoms with van der Waals surface area (Å²) >= 11 is 0. The Bertz CT molecular complexity index is 3650. The number of hydrogen-bond acceptors (Lipinski definition) is 5. The lowest BCUT2D eigenvalue weighted by Gasteiger charge is -2.34. The van der Waals surface area contributed by atoms with Gasteiger partial charge in [-0.1, -0.05) is 218 Å². The zero-order chi connectivity index (χ0) is 44.3. The van der Waals surface area contributed by atoms with Crippen LogP contribution in [-0.2, 0) is 5.41 Å². The van der Waals surface area contributed by atoms with E-state index >= 15 is 0 Å². The lowest BCUT2D eigenvalue weighted by atomic mass is 9.68. The molecule has 2 aliphatic rings. The van der Waals surface area contributed by atoms with Crippen molar-refractivity contribution < 1.29 is 9.47 Å². The topological polar surface area (TPSA) is 57.1 Å². The van der Waals surface area contributed by atoms with Crippen molar-refractivity contribution in [1.29, 1.82) is 0 Å². The molecule has 5 nitrogen and oxygen atoms in total. The number of fused-ring (bicyclic) bond motifs is 7. The monoisotopic (exact) mass is 857 g/mol. The molecule has 1 aliphatic heterocycles. The summed E-state index contributed by atoms with van der Waals surface area (Å²) in [5.74, 6) is 4.35. The van der Waals surface area contributed by atoms with Gasteiger partial charge in [-0.05, 0) is 73.5 Å². The van der Waals surface area contributed by atoms with Crippen molar-refractivity contribution in [1.82, 2.24) is 15.0 Å². The highest BCUT2D eigenvalue weighted by molar-refractivity contribution is 6.04. The molecule has 0 saturated carbocycles. The molecule has 10 aromatic carbocycles. The maximum atomic E-state index is 7.32. The minimum absolute atomic E-state index is 0.552. The van der Waals surface area contributed by atoms with Crippen LogP contribution in [0.15, 0.2) is 237 Å². The molecule has 0 radical (unpaired) electrons. The fourth-order valence-electron chi connectivity index (χ4n) is 10.4. The van der Waals surface area contributed by atoms with Crippen LogP contribution in [0.5, 0.6) is 23.0 Å². The van der Waals surface area contributed by atoms with Crippen LogP contribution < -0.4 is 9.47 Å². The minimum Gasteiger partial charge on any atom is -0.449 e. The molecule has 5 heteroatoms. The van der Waals surface area contributed by atoms with Crippen molar-refractivity contribution in [3.63, 3.8) is 0 Å². The number of aromatic nitrogens is 3. The highest BCUT2D eigenvalue weighted by atomic mass is 16.6. The van der Waals surface area contributed by atoms with Gasteiger partial charge in [-0.25, -0.2) is 15.0 Å². The average molecular weight is 858 g/mol. The Morgan fingerprint density at radius 2 is 0.791 bits per heavy atom. The second-order valence-corrected chi connectivity index (χ2v) is 17.0. The van der Waals surface area contributed by atoms with E-state index in [0.29, 0.717) is 40.5 Å². The first-order chi connectivity index (χ1) is 33.2. The maximum absolute atomic E-state index is 7.32. The van der Waals surface area contributed by atoms with E-state index in [-0.39, 0.29) is 0 Å². The lowest BCUT2D eigenvalue weighted by Crippen LogP contribution is -2.28. The van der Waals surface area contributed by atoms with Gasteiger partial charge in [0.15, 0.2) is 40.5 Å². The van der Waals surface area contributed by atoms with E-state index in [1.165, 1.54) is 16.7 Å². The van der Waals surface area contributed by atoms with Crippen molar-refractivity contribution >= 4 is 10.8 Å². The predicted octanol–water partition coefficient (Wildman–Crippen LogP) is 15.6. The van der Waals surface area contributed by atoms with Gasteiger partial charge >= 0.3 is 0 Å². The summed E-state index contributed by atoms with van der Waals surface area (Å²) in [6.07, 6.45) is 0. The third-order valence-electron chi connectivity index (χ3n) is 13.3. The number of rotatable bonds is 7. The minimum atomic E-state index is -0.584. The van der Waals surface area contributed by atoms with Crippen LogP contribution in [0.2, 0.25) is 0 Å². The first-order valence-corrected chi connectivity index (χ1v) is 22.6. The van der Waals surface area contributed by atoms with E-state index in [1.807, 2.05) is 60.7 Å². The molecule has 67 heavy (non-hydrogen) atoms. The fourth-order valence-corrected chi connectivity index (χ4v) is 10.4. The Hall–Kier alpha value is -8.93. The van der Waals surface area contributed by atoms with Crippen LogP contribution in [0.25, 0.3) is 78.3 Å². The van der Waals surface area contributed by atoms with Crippen LogP contribution in [0.3, 0.4) is 0 Å². The molecule has 0 bridgehead atoms. The lowest BCUT2D eigenvalue weighted by molar-refractivity contribution is 0.361. The molecule has 13 rings (SSSR count). The summed E-state index contributed by atoms with van der Waals surface area (Å²) in [5.41, 5.74) is 13.0. The molecule has 0 spiro atoms. The van der Waals surface area contributed by atoms with Crippen molar-refractivity contribution in [2.75, 3.05) is 0 Å². The molecule has 0 unspecified atom stereocenters. The third kappa shape index (κ3) is 6.13. The standard InChI is InChI=1S/C62H39N3O2/c1-5-20-40(21-6-1)44-36-37-50(46-29-14-13-28-45(44)46)61-64-59(41-22-7-2-8-23-41)63-60(65-61)49-31-16-15-30-47(49)48-33-19-35-54-57(48)67-58-55(66-54)39-38-53-56(58)51-32-17-18-34-52(51)62(53,42-24-9-3-10-25-42)43-26-11-4-12-27-43/h1-39H. The maximum Gasteiger partial charge on any atom is 0.178 e. The summed E-state index contributed by atoms with van der Waals surface area (Å²) in [5, 5.41) is 2.19. The van der Waals surface area contributed by atoms with E-state index in [1.54, 1.807) is 0 Å². The second kappa shape index (κ2) is 15.7. The molecule has 0 amide bonds. The average Bonchev–Trinajstić information content (AvgIpc) is 3.72. The van der Waals surface area contributed by atoms with Gasteiger partial charge < -0.3 is 9.47 Å². The van der Waals surface area contributed by atoms with Gasteiger partial charge in [-0.3, -0.25) is 0 Å². The number of nitrogens with zero attached hydrogens (tertiary/aromatic N) is 3. The van der Waals surface area contributed by atoms with Crippen molar-refractivity contribution in [3.8, 4) is 90.5 Å². The normalized spacial score (nSPS) is 12.8. The second-order valence-electron chi connectivity index (χ2n) is 17.0.